The van der Waals surface area contributed by atoms with Crippen molar-refractivity contribution in [2.45, 2.75) is 26.4 Å². The van der Waals surface area contributed by atoms with Crippen molar-refractivity contribution in [1.82, 2.24) is 5.32 Å². The molecule has 0 spiro atoms. The topological polar surface area (TPSA) is 21.3 Å². The summed E-state index contributed by atoms with van der Waals surface area (Å²) in [5.74, 6) is 0. The Morgan fingerprint density at radius 1 is 1.32 bits per heavy atom. The highest BCUT2D eigenvalue weighted by Gasteiger charge is 2.16. The van der Waals surface area contributed by atoms with E-state index in [9.17, 15) is 0 Å². The van der Waals surface area contributed by atoms with Crippen molar-refractivity contribution in [3.63, 3.8) is 0 Å². The van der Waals surface area contributed by atoms with Crippen molar-refractivity contribution in [2.75, 3.05) is 20.2 Å². The molecule has 106 valence electrons. The van der Waals surface area contributed by atoms with Gasteiger partial charge in [0.25, 0.3) is 0 Å². The Hall–Kier alpha value is -0.540. The third-order valence-electron chi connectivity index (χ3n) is 2.79. The van der Waals surface area contributed by atoms with Crippen LogP contribution in [-0.4, -0.2) is 26.3 Å². The van der Waals surface area contributed by atoms with E-state index in [1.165, 1.54) is 5.57 Å². The normalized spacial score (nSPS) is 18.4. The van der Waals surface area contributed by atoms with Gasteiger partial charge < -0.3 is 10.1 Å². The molecule has 0 bridgehead atoms. The molecule has 0 amide bonds. The number of benzene rings is 1. The third-order valence-corrected chi connectivity index (χ3v) is 3.61. The fraction of sp³-hybridized carbons (Fsp3) is 0.467. The first-order valence-electron chi connectivity index (χ1n) is 6.63. The van der Waals surface area contributed by atoms with E-state index in [2.05, 4.69) is 11.4 Å². The monoisotopic (exact) mass is 301 g/mol. The van der Waals surface area contributed by atoms with Gasteiger partial charge in [0.05, 0.1) is 22.8 Å². The lowest BCUT2D eigenvalue weighted by molar-refractivity contribution is 0.0836. The second kappa shape index (κ2) is 8.60. The Kier molecular flexibility index (Phi) is 7.47. The van der Waals surface area contributed by atoms with Crippen molar-refractivity contribution < 1.29 is 4.74 Å². The van der Waals surface area contributed by atoms with E-state index in [1.54, 1.807) is 6.07 Å². The van der Waals surface area contributed by atoms with E-state index in [0.29, 0.717) is 10.0 Å². The summed E-state index contributed by atoms with van der Waals surface area (Å²) in [6.45, 7) is 5.53. The number of halogens is 2. The quantitative estimate of drug-likeness (QED) is 0.893. The average Bonchev–Trinajstić information content (AvgIpc) is 2.45. The first-order valence-corrected chi connectivity index (χ1v) is 7.39. The molecule has 0 radical (unpaired) electrons. The molecule has 1 atom stereocenters. The van der Waals surface area contributed by atoms with E-state index >= 15 is 0 Å². The highest BCUT2D eigenvalue weighted by molar-refractivity contribution is 6.43. The van der Waals surface area contributed by atoms with Crippen molar-refractivity contribution >= 4 is 28.8 Å². The van der Waals surface area contributed by atoms with Crippen LogP contribution >= 0.6 is 23.2 Å². The molecular formula is C15H21Cl2NO. The fourth-order valence-corrected chi connectivity index (χ4v) is 2.39. The molecule has 4 heteroatoms. The van der Waals surface area contributed by atoms with Crippen LogP contribution in [0, 0.1) is 0 Å². The van der Waals surface area contributed by atoms with Gasteiger partial charge in [0.2, 0.25) is 0 Å². The number of ether oxygens (including phenoxy) is 1. The number of hydrogen-bond acceptors (Lipinski definition) is 2. The largest absolute Gasteiger partial charge is 0.372 e. The molecule has 1 N–H and O–H groups in total. The summed E-state index contributed by atoms with van der Waals surface area (Å²) in [7, 11) is 1.91. The van der Waals surface area contributed by atoms with Crippen molar-refractivity contribution in [3.05, 3.63) is 39.9 Å². The van der Waals surface area contributed by atoms with Gasteiger partial charge in [-0.1, -0.05) is 55.3 Å². The predicted octanol–water partition coefficient (Wildman–Crippen LogP) is 4.41. The van der Waals surface area contributed by atoms with Gasteiger partial charge in [0, 0.05) is 6.54 Å². The van der Waals surface area contributed by atoms with Crippen LogP contribution in [0.4, 0.5) is 0 Å². The van der Waals surface area contributed by atoms with Crippen LogP contribution in [0.25, 0.3) is 5.57 Å². The molecule has 0 aliphatic carbocycles. The molecule has 2 rings (SSSR count). The molecule has 0 aromatic heterocycles. The molecule has 1 aromatic rings. The minimum Gasteiger partial charge on any atom is -0.372 e. The Morgan fingerprint density at radius 2 is 2.05 bits per heavy atom. The van der Waals surface area contributed by atoms with Crippen molar-refractivity contribution in [1.29, 1.82) is 0 Å². The predicted molar refractivity (Wildman–Crippen MR) is 84.1 cm³/mol. The van der Waals surface area contributed by atoms with Gasteiger partial charge >= 0.3 is 0 Å². The Morgan fingerprint density at radius 3 is 2.74 bits per heavy atom. The second-order valence-corrected chi connectivity index (χ2v) is 4.80. The fourth-order valence-electron chi connectivity index (χ4n) is 1.97. The maximum atomic E-state index is 6.22. The van der Waals surface area contributed by atoms with Crippen LogP contribution in [0.15, 0.2) is 24.3 Å². The molecule has 0 saturated heterocycles. The first kappa shape index (κ1) is 16.5. The lowest BCUT2D eigenvalue weighted by Gasteiger charge is -2.22. The summed E-state index contributed by atoms with van der Waals surface area (Å²) in [6.07, 6.45) is 3.11. The molecule has 0 saturated carbocycles. The van der Waals surface area contributed by atoms with E-state index in [-0.39, 0.29) is 6.10 Å². The lowest BCUT2D eigenvalue weighted by Crippen LogP contribution is -2.27. The maximum Gasteiger partial charge on any atom is 0.0886 e. The Balaban J connectivity index is 0.000000861. The van der Waals surface area contributed by atoms with Crippen LogP contribution in [0.3, 0.4) is 0 Å². The Labute approximate surface area is 125 Å². The molecule has 1 aliphatic heterocycles. The summed E-state index contributed by atoms with van der Waals surface area (Å²) in [5.41, 5.74) is 2.23. The zero-order valence-corrected chi connectivity index (χ0v) is 13.2. The highest BCUT2D eigenvalue weighted by Crippen LogP contribution is 2.33. The zero-order valence-electron chi connectivity index (χ0n) is 11.7. The number of rotatable bonds is 3. The van der Waals surface area contributed by atoms with Crippen LogP contribution in [0.5, 0.6) is 0 Å². The van der Waals surface area contributed by atoms with Gasteiger partial charge in [0.1, 0.15) is 0 Å². The zero-order chi connectivity index (χ0) is 14.3. The minimum absolute atomic E-state index is 0.110. The maximum absolute atomic E-state index is 6.22. The van der Waals surface area contributed by atoms with Gasteiger partial charge in [-0.15, -0.1) is 0 Å². The average molecular weight is 302 g/mol. The molecule has 19 heavy (non-hydrogen) atoms. The first-order chi connectivity index (χ1) is 9.22. The second-order valence-electron chi connectivity index (χ2n) is 4.01. The Bertz CT molecular complexity index is 432. The van der Waals surface area contributed by atoms with Crippen LogP contribution in [-0.2, 0) is 4.74 Å². The van der Waals surface area contributed by atoms with Gasteiger partial charge in [-0.25, -0.2) is 0 Å². The van der Waals surface area contributed by atoms with Gasteiger partial charge in [-0.3, -0.25) is 0 Å². The van der Waals surface area contributed by atoms with E-state index < -0.39 is 0 Å². The summed E-state index contributed by atoms with van der Waals surface area (Å²) >= 11 is 12.2. The minimum atomic E-state index is 0.110. The van der Waals surface area contributed by atoms with Crippen molar-refractivity contribution in [3.8, 4) is 0 Å². The van der Waals surface area contributed by atoms with Crippen molar-refractivity contribution in [2.24, 2.45) is 0 Å². The summed E-state index contributed by atoms with van der Waals surface area (Å²) in [5, 5.41) is 4.34. The standard InChI is InChI=1S/C13H15Cl2NO.C2H6/c1-16-8-10-7-9(5-6-17-10)11-3-2-4-12(14)13(11)15;1-2/h2-4,7,10,16H,5-6,8H2,1H3;1-2H3. The number of nitrogens with one attached hydrogen (secondary N) is 1. The SMILES string of the molecule is CC.CNCC1C=C(c2cccc(Cl)c2Cl)CCO1. The summed E-state index contributed by atoms with van der Waals surface area (Å²) in [6, 6.07) is 5.73. The summed E-state index contributed by atoms with van der Waals surface area (Å²) < 4.78 is 5.63. The van der Waals surface area contributed by atoms with Crippen LogP contribution in [0.2, 0.25) is 10.0 Å². The van der Waals surface area contributed by atoms with Crippen LogP contribution in [0.1, 0.15) is 25.8 Å². The molecule has 2 nitrogen and oxygen atoms in total. The number of hydrogen-bond donors (Lipinski definition) is 1. The third kappa shape index (κ3) is 4.50. The van der Waals surface area contributed by atoms with Crippen LogP contribution < -0.4 is 5.32 Å². The lowest BCUT2D eigenvalue weighted by atomic mass is 9.99. The summed E-state index contributed by atoms with van der Waals surface area (Å²) in [4.78, 5) is 0. The van der Waals surface area contributed by atoms with E-state index in [4.69, 9.17) is 27.9 Å². The molecule has 1 aliphatic rings. The van der Waals surface area contributed by atoms with Gasteiger partial charge in [-0.05, 0) is 30.7 Å². The molecule has 0 fully saturated rings. The van der Waals surface area contributed by atoms with E-state index in [1.807, 2.05) is 33.0 Å². The molecule has 1 aromatic carbocycles. The van der Waals surface area contributed by atoms with E-state index in [0.717, 1.165) is 25.1 Å². The molecule has 1 heterocycles. The molecule has 1 unspecified atom stereocenters. The van der Waals surface area contributed by atoms with Gasteiger partial charge in [-0.2, -0.15) is 0 Å². The number of likely N-dealkylation sites (N-methyl/N-ethyl adjacent to an activating group) is 1. The molecular weight excluding hydrogens is 281 g/mol. The van der Waals surface area contributed by atoms with Gasteiger partial charge in [0.15, 0.2) is 0 Å². The highest BCUT2D eigenvalue weighted by atomic mass is 35.5. The smallest absolute Gasteiger partial charge is 0.0886 e.